The number of aliphatic hydroxyl groups is 1. The fourth-order valence-electron chi connectivity index (χ4n) is 3.57. The molecule has 1 aliphatic heterocycles. The number of nitrogens with zero attached hydrogens (tertiary/aromatic N) is 1. The van der Waals surface area contributed by atoms with Crippen LogP contribution in [0.25, 0.3) is 0 Å². The van der Waals surface area contributed by atoms with Gasteiger partial charge in [-0.05, 0) is 24.0 Å². The van der Waals surface area contributed by atoms with Crippen molar-refractivity contribution >= 4 is 11.4 Å². The first-order chi connectivity index (χ1) is 9.94. The summed E-state index contributed by atoms with van der Waals surface area (Å²) >= 11 is 0. The van der Waals surface area contributed by atoms with E-state index in [1.807, 2.05) is 0 Å². The van der Waals surface area contributed by atoms with Gasteiger partial charge in [0, 0.05) is 35.2 Å². The lowest BCUT2D eigenvalue weighted by molar-refractivity contribution is -0.384. The van der Waals surface area contributed by atoms with Crippen LogP contribution < -0.4 is 5.32 Å². The number of non-ortho nitro benzene ring substituents is 1. The van der Waals surface area contributed by atoms with E-state index in [0.29, 0.717) is 5.92 Å². The predicted octanol–water partition coefficient (Wildman–Crippen LogP) is 3.07. The van der Waals surface area contributed by atoms with Gasteiger partial charge in [-0.15, -0.1) is 0 Å². The Kier molecular flexibility index (Phi) is 3.24. The Morgan fingerprint density at radius 2 is 2.24 bits per heavy atom. The van der Waals surface area contributed by atoms with Crippen molar-refractivity contribution in [2.75, 3.05) is 11.9 Å². The molecular formula is C16H20N2O3. The Morgan fingerprint density at radius 3 is 2.90 bits per heavy atom. The molecule has 0 aromatic heterocycles. The SMILES string of the molecule is CC(C)(CO)[C@@H]1Nc2ccc([N+](=O)[O-])cc2[C@@H]2C=CC[C@H]12. The molecule has 112 valence electrons. The zero-order chi connectivity index (χ0) is 15.2. The van der Waals surface area contributed by atoms with Crippen LogP contribution in [0.15, 0.2) is 30.4 Å². The molecule has 1 aromatic carbocycles. The summed E-state index contributed by atoms with van der Waals surface area (Å²) in [5.41, 5.74) is 1.83. The second-order valence-corrected chi connectivity index (χ2v) is 6.65. The van der Waals surface area contributed by atoms with E-state index in [1.165, 1.54) is 6.07 Å². The third kappa shape index (κ3) is 2.21. The van der Waals surface area contributed by atoms with E-state index in [-0.39, 0.29) is 34.6 Å². The van der Waals surface area contributed by atoms with Crippen LogP contribution in [0.4, 0.5) is 11.4 Å². The second kappa shape index (κ2) is 4.84. The molecular weight excluding hydrogens is 268 g/mol. The molecule has 1 heterocycles. The maximum absolute atomic E-state index is 11.0. The number of hydrogen-bond donors (Lipinski definition) is 2. The van der Waals surface area contributed by atoms with Gasteiger partial charge in [-0.2, -0.15) is 0 Å². The predicted molar refractivity (Wildman–Crippen MR) is 81.4 cm³/mol. The first-order valence-corrected chi connectivity index (χ1v) is 7.26. The average molecular weight is 288 g/mol. The van der Waals surface area contributed by atoms with E-state index in [4.69, 9.17) is 0 Å². The van der Waals surface area contributed by atoms with Gasteiger partial charge < -0.3 is 10.4 Å². The molecule has 1 aromatic rings. The standard InChI is InChI=1S/C16H20N2O3/c1-16(2,9-19)15-12-5-3-4-11(12)13-8-10(18(20)21)6-7-14(13)17-15/h3-4,6-8,11-12,15,17,19H,5,9H2,1-2H3/t11-,12+,15-/m1/s1. The zero-order valence-corrected chi connectivity index (χ0v) is 12.2. The van der Waals surface area contributed by atoms with Crippen LogP contribution >= 0.6 is 0 Å². The third-order valence-electron chi connectivity index (χ3n) is 4.81. The van der Waals surface area contributed by atoms with Crippen molar-refractivity contribution in [1.82, 2.24) is 0 Å². The van der Waals surface area contributed by atoms with Crippen molar-refractivity contribution < 1.29 is 10.0 Å². The number of nitro benzene ring substituents is 1. The zero-order valence-electron chi connectivity index (χ0n) is 12.2. The highest BCUT2D eigenvalue weighted by atomic mass is 16.6. The molecule has 0 saturated heterocycles. The normalized spacial score (nSPS) is 26.9. The first kappa shape index (κ1) is 14.1. The van der Waals surface area contributed by atoms with Gasteiger partial charge in [-0.25, -0.2) is 0 Å². The number of benzene rings is 1. The molecule has 1 aliphatic carbocycles. The average Bonchev–Trinajstić information content (AvgIpc) is 2.95. The largest absolute Gasteiger partial charge is 0.396 e. The fourth-order valence-corrected chi connectivity index (χ4v) is 3.57. The molecule has 2 aliphatic rings. The molecule has 0 fully saturated rings. The van der Waals surface area contributed by atoms with Gasteiger partial charge in [-0.1, -0.05) is 26.0 Å². The first-order valence-electron chi connectivity index (χ1n) is 7.26. The van der Waals surface area contributed by atoms with E-state index < -0.39 is 0 Å². The Bertz CT molecular complexity index is 610. The van der Waals surface area contributed by atoms with Crippen molar-refractivity contribution in [2.45, 2.75) is 32.2 Å². The Hall–Kier alpha value is -1.88. The van der Waals surface area contributed by atoms with E-state index >= 15 is 0 Å². The number of anilines is 1. The summed E-state index contributed by atoms with van der Waals surface area (Å²) in [5, 5.41) is 24.2. The van der Waals surface area contributed by atoms with Crippen molar-refractivity contribution in [1.29, 1.82) is 0 Å². The van der Waals surface area contributed by atoms with Crippen LogP contribution in [-0.4, -0.2) is 22.7 Å². The molecule has 0 spiro atoms. The Morgan fingerprint density at radius 1 is 1.48 bits per heavy atom. The van der Waals surface area contributed by atoms with Crippen LogP contribution in [0, 0.1) is 21.4 Å². The molecule has 2 N–H and O–H groups in total. The minimum atomic E-state index is -0.350. The number of allylic oxidation sites excluding steroid dienone is 2. The number of hydrogen-bond acceptors (Lipinski definition) is 4. The van der Waals surface area contributed by atoms with Gasteiger partial charge in [0.15, 0.2) is 0 Å². The lowest BCUT2D eigenvalue weighted by atomic mass is 9.69. The number of aliphatic hydroxyl groups excluding tert-OH is 1. The van der Waals surface area contributed by atoms with E-state index in [1.54, 1.807) is 12.1 Å². The highest BCUT2D eigenvalue weighted by molar-refractivity contribution is 5.62. The molecule has 21 heavy (non-hydrogen) atoms. The monoisotopic (exact) mass is 288 g/mol. The quantitative estimate of drug-likeness (QED) is 0.509. The van der Waals surface area contributed by atoms with Crippen LogP contribution in [-0.2, 0) is 0 Å². The van der Waals surface area contributed by atoms with Crippen molar-refractivity contribution in [3.63, 3.8) is 0 Å². The second-order valence-electron chi connectivity index (χ2n) is 6.65. The molecule has 5 nitrogen and oxygen atoms in total. The number of nitro groups is 1. The Balaban J connectivity index is 2.05. The molecule has 0 radical (unpaired) electrons. The lowest BCUT2D eigenvalue weighted by Crippen LogP contribution is -2.47. The minimum absolute atomic E-state index is 0.107. The lowest BCUT2D eigenvalue weighted by Gasteiger charge is -2.44. The highest BCUT2D eigenvalue weighted by Gasteiger charge is 2.44. The van der Waals surface area contributed by atoms with Gasteiger partial charge >= 0.3 is 0 Å². The fraction of sp³-hybridized carbons (Fsp3) is 0.500. The van der Waals surface area contributed by atoms with Crippen LogP contribution in [0.5, 0.6) is 0 Å². The van der Waals surface area contributed by atoms with Gasteiger partial charge in [0.2, 0.25) is 0 Å². The van der Waals surface area contributed by atoms with E-state index in [2.05, 4.69) is 31.3 Å². The summed E-state index contributed by atoms with van der Waals surface area (Å²) in [6.07, 6.45) is 5.23. The Labute approximate surface area is 123 Å². The number of rotatable bonds is 3. The van der Waals surface area contributed by atoms with Crippen molar-refractivity contribution in [3.8, 4) is 0 Å². The number of nitrogens with one attached hydrogen (secondary N) is 1. The van der Waals surface area contributed by atoms with Gasteiger partial charge in [0.1, 0.15) is 0 Å². The maximum Gasteiger partial charge on any atom is 0.269 e. The molecule has 0 unspecified atom stereocenters. The summed E-state index contributed by atoms with van der Waals surface area (Å²) in [4.78, 5) is 10.6. The smallest absolute Gasteiger partial charge is 0.269 e. The van der Waals surface area contributed by atoms with Gasteiger partial charge in [-0.3, -0.25) is 10.1 Å². The van der Waals surface area contributed by atoms with Crippen molar-refractivity contribution in [2.24, 2.45) is 11.3 Å². The van der Waals surface area contributed by atoms with Crippen LogP contribution in [0.1, 0.15) is 31.7 Å². The summed E-state index contributed by atoms with van der Waals surface area (Å²) < 4.78 is 0. The van der Waals surface area contributed by atoms with Crippen molar-refractivity contribution in [3.05, 3.63) is 46.0 Å². The molecule has 0 bridgehead atoms. The van der Waals surface area contributed by atoms with Crippen LogP contribution in [0.3, 0.4) is 0 Å². The molecule has 5 heteroatoms. The number of fused-ring (bicyclic) bond motifs is 3. The third-order valence-corrected chi connectivity index (χ3v) is 4.81. The molecule has 0 amide bonds. The van der Waals surface area contributed by atoms with Gasteiger partial charge in [0.05, 0.1) is 11.5 Å². The van der Waals surface area contributed by atoms with E-state index in [9.17, 15) is 15.2 Å². The highest BCUT2D eigenvalue weighted by Crippen LogP contribution is 2.49. The van der Waals surface area contributed by atoms with Gasteiger partial charge in [0.25, 0.3) is 5.69 Å². The molecule has 3 rings (SSSR count). The van der Waals surface area contributed by atoms with E-state index in [0.717, 1.165) is 17.7 Å². The minimum Gasteiger partial charge on any atom is -0.396 e. The maximum atomic E-state index is 11.0. The summed E-state index contributed by atoms with van der Waals surface area (Å²) in [5.74, 6) is 0.527. The summed E-state index contributed by atoms with van der Waals surface area (Å²) in [7, 11) is 0. The topological polar surface area (TPSA) is 75.4 Å². The molecule has 3 atom stereocenters. The molecule has 0 saturated carbocycles. The summed E-state index contributed by atoms with van der Waals surface area (Å²) in [6, 6.07) is 5.15. The summed E-state index contributed by atoms with van der Waals surface area (Å²) in [6.45, 7) is 4.21. The van der Waals surface area contributed by atoms with Crippen LogP contribution in [0.2, 0.25) is 0 Å².